The minimum absolute atomic E-state index is 0.793. The molecule has 3 heterocycles. The van der Waals surface area contributed by atoms with Crippen molar-refractivity contribution < 1.29 is 0 Å². The van der Waals surface area contributed by atoms with Gasteiger partial charge in [0, 0.05) is 37.5 Å². The van der Waals surface area contributed by atoms with Crippen LogP contribution in [0.25, 0.3) is 10.6 Å². The van der Waals surface area contributed by atoms with Gasteiger partial charge in [-0.25, -0.2) is 0 Å². The Morgan fingerprint density at radius 3 is 2.95 bits per heavy atom. The van der Waals surface area contributed by atoms with Gasteiger partial charge in [0.1, 0.15) is 0 Å². The van der Waals surface area contributed by atoms with Crippen LogP contribution in [0.1, 0.15) is 23.7 Å². The molecule has 0 spiro atoms. The Morgan fingerprint density at radius 1 is 1.33 bits per heavy atom. The Bertz CT molecular complexity index is 696. The van der Waals surface area contributed by atoms with Crippen molar-refractivity contribution >= 4 is 11.3 Å². The number of aromatic nitrogens is 4. The third kappa shape index (κ3) is 3.06. The molecule has 2 N–H and O–H groups in total. The maximum atomic E-state index is 4.46. The summed E-state index contributed by atoms with van der Waals surface area (Å²) in [4.78, 5) is 1.22. The van der Waals surface area contributed by atoms with E-state index in [2.05, 4.69) is 51.2 Å². The molecule has 0 atom stereocenters. The van der Waals surface area contributed by atoms with Crippen molar-refractivity contribution in [3.05, 3.63) is 46.7 Å². The molecule has 21 heavy (non-hydrogen) atoms. The molecule has 0 saturated carbocycles. The van der Waals surface area contributed by atoms with E-state index in [1.54, 1.807) is 11.3 Å². The van der Waals surface area contributed by atoms with Gasteiger partial charge >= 0.3 is 0 Å². The van der Waals surface area contributed by atoms with Crippen LogP contribution in [0.2, 0.25) is 0 Å². The minimum Gasteiger partial charge on any atom is -0.308 e. The Labute approximate surface area is 128 Å². The molecule has 0 amide bonds. The van der Waals surface area contributed by atoms with Gasteiger partial charge in [-0.3, -0.25) is 9.78 Å². The second-order valence-corrected chi connectivity index (χ2v) is 5.93. The van der Waals surface area contributed by atoms with E-state index in [0.717, 1.165) is 30.9 Å². The van der Waals surface area contributed by atoms with Crippen LogP contribution in [0.3, 0.4) is 0 Å². The van der Waals surface area contributed by atoms with Gasteiger partial charge in [-0.1, -0.05) is 13.0 Å². The summed E-state index contributed by atoms with van der Waals surface area (Å²) in [5.41, 5.74) is 4.73. The van der Waals surface area contributed by atoms with Crippen molar-refractivity contribution in [2.75, 3.05) is 0 Å². The molecular formula is C15H19N5S. The zero-order valence-corrected chi connectivity index (χ0v) is 13.1. The number of aryl methyl sites for hydroxylation is 2. The molecule has 110 valence electrons. The first-order valence-electron chi connectivity index (χ1n) is 7.06. The fraction of sp³-hybridized carbons (Fsp3) is 0.333. The van der Waals surface area contributed by atoms with Crippen molar-refractivity contribution in [2.24, 2.45) is 7.05 Å². The quantitative estimate of drug-likeness (QED) is 0.736. The van der Waals surface area contributed by atoms with Gasteiger partial charge in [-0.05, 0) is 17.9 Å². The number of aromatic amines is 1. The normalized spacial score (nSPS) is 11.1. The molecule has 5 nitrogen and oxygen atoms in total. The second-order valence-electron chi connectivity index (χ2n) is 4.98. The molecule has 0 unspecified atom stereocenters. The summed E-state index contributed by atoms with van der Waals surface area (Å²) in [7, 11) is 1.97. The zero-order valence-electron chi connectivity index (χ0n) is 12.3. The number of nitrogens with one attached hydrogen (secondary N) is 2. The molecule has 0 saturated heterocycles. The van der Waals surface area contributed by atoms with Crippen LogP contribution in [0.5, 0.6) is 0 Å². The molecule has 0 bridgehead atoms. The van der Waals surface area contributed by atoms with Crippen LogP contribution in [0.15, 0.2) is 29.9 Å². The first kappa shape index (κ1) is 14.0. The van der Waals surface area contributed by atoms with Crippen molar-refractivity contribution in [3.8, 4) is 10.6 Å². The average molecular weight is 301 g/mol. The summed E-state index contributed by atoms with van der Waals surface area (Å²) in [6, 6.07) is 4.17. The van der Waals surface area contributed by atoms with E-state index < -0.39 is 0 Å². The largest absolute Gasteiger partial charge is 0.308 e. The lowest BCUT2D eigenvalue weighted by Crippen LogP contribution is -2.13. The Hall–Kier alpha value is -1.92. The van der Waals surface area contributed by atoms with Crippen LogP contribution < -0.4 is 5.32 Å². The maximum absolute atomic E-state index is 4.46. The third-order valence-corrected chi connectivity index (χ3v) is 4.33. The molecule has 0 aliphatic carbocycles. The number of rotatable bonds is 6. The molecule has 3 rings (SSSR count). The molecule has 3 aromatic rings. The summed E-state index contributed by atoms with van der Waals surface area (Å²) < 4.78 is 1.88. The van der Waals surface area contributed by atoms with Gasteiger partial charge in [0.05, 0.1) is 22.5 Å². The average Bonchev–Trinajstić information content (AvgIpc) is 3.18. The van der Waals surface area contributed by atoms with E-state index in [9.17, 15) is 0 Å². The van der Waals surface area contributed by atoms with Crippen LogP contribution in [0, 0.1) is 0 Å². The van der Waals surface area contributed by atoms with E-state index in [0.29, 0.717) is 0 Å². The highest BCUT2D eigenvalue weighted by Crippen LogP contribution is 2.25. The fourth-order valence-corrected chi connectivity index (χ4v) is 3.20. The lowest BCUT2D eigenvalue weighted by atomic mass is 10.2. The van der Waals surface area contributed by atoms with Gasteiger partial charge in [0.15, 0.2) is 0 Å². The lowest BCUT2D eigenvalue weighted by molar-refractivity contribution is 0.689. The van der Waals surface area contributed by atoms with Crippen molar-refractivity contribution in [3.63, 3.8) is 0 Å². The molecule has 0 aromatic carbocycles. The molecule has 6 heteroatoms. The zero-order chi connectivity index (χ0) is 14.7. The van der Waals surface area contributed by atoms with Crippen LogP contribution in [-0.2, 0) is 26.6 Å². The van der Waals surface area contributed by atoms with E-state index >= 15 is 0 Å². The maximum Gasteiger partial charge on any atom is 0.0794 e. The van der Waals surface area contributed by atoms with Gasteiger partial charge in [0.25, 0.3) is 0 Å². The summed E-state index contributed by atoms with van der Waals surface area (Å²) in [5.74, 6) is 0. The summed E-state index contributed by atoms with van der Waals surface area (Å²) in [6.45, 7) is 3.75. The summed E-state index contributed by atoms with van der Waals surface area (Å²) in [5, 5.41) is 17.3. The van der Waals surface area contributed by atoms with Crippen LogP contribution in [0.4, 0.5) is 0 Å². The van der Waals surface area contributed by atoms with E-state index in [1.165, 1.54) is 16.0 Å². The molecule has 0 aliphatic rings. The lowest BCUT2D eigenvalue weighted by Gasteiger charge is -2.04. The number of thiophene rings is 1. The number of hydrogen-bond acceptors (Lipinski definition) is 4. The molecule has 0 radical (unpaired) electrons. The standard InChI is InChI=1S/C15H19N5S/c1-3-13-12(10-20(2)19-13)8-16-7-11-9-17-18-15(11)14-5-4-6-21-14/h4-6,9-10,16H,3,7-8H2,1-2H3,(H,17,18). The summed E-state index contributed by atoms with van der Waals surface area (Å²) in [6.07, 6.45) is 4.94. The SMILES string of the molecule is CCc1nn(C)cc1CNCc1cn[nH]c1-c1cccs1. The van der Waals surface area contributed by atoms with E-state index in [4.69, 9.17) is 0 Å². The smallest absolute Gasteiger partial charge is 0.0794 e. The van der Waals surface area contributed by atoms with Gasteiger partial charge in [-0.15, -0.1) is 11.3 Å². The highest BCUT2D eigenvalue weighted by molar-refractivity contribution is 7.13. The van der Waals surface area contributed by atoms with Crippen LogP contribution in [-0.4, -0.2) is 20.0 Å². The second kappa shape index (κ2) is 6.24. The Morgan fingerprint density at radius 2 is 2.19 bits per heavy atom. The van der Waals surface area contributed by atoms with Gasteiger partial charge in [0.2, 0.25) is 0 Å². The van der Waals surface area contributed by atoms with Gasteiger partial charge < -0.3 is 5.32 Å². The molecular weight excluding hydrogens is 282 g/mol. The first-order chi connectivity index (χ1) is 10.3. The Balaban J connectivity index is 1.65. The van der Waals surface area contributed by atoms with E-state index in [-0.39, 0.29) is 0 Å². The predicted molar refractivity (Wildman–Crippen MR) is 85.0 cm³/mol. The summed E-state index contributed by atoms with van der Waals surface area (Å²) >= 11 is 1.72. The number of nitrogens with zero attached hydrogens (tertiary/aromatic N) is 3. The number of hydrogen-bond donors (Lipinski definition) is 2. The molecule has 3 aromatic heterocycles. The number of H-pyrrole nitrogens is 1. The highest BCUT2D eigenvalue weighted by Gasteiger charge is 2.09. The van der Waals surface area contributed by atoms with Crippen molar-refractivity contribution in [2.45, 2.75) is 26.4 Å². The predicted octanol–water partition coefficient (Wildman–Crippen LogP) is 2.72. The monoisotopic (exact) mass is 301 g/mol. The minimum atomic E-state index is 0.793. The Kier molecular flexibility index (Phi) is 4.17. The van der Waals surface area contributed by atoms with E-state index in [1.807, 2.05) is 17.9 Å². The third-order valence-electron chi connectivity index (χ3n) is 3.44. The fourth-order valence-electron chi connectivity index (χ4n) is 2.44. The first-order valence-corrected chi connectivity index (χ1v) is 7.94. The van der Waals surface area contributed by atoms with Crippen molar-refractivity contribution in [1.29, 1.82) is 0 Å². The van der Waals surface area contributed by atoms with Crippen molar-refractivity contribution in [1.82, 2.24) is 25.3 Å². The topological polar surface area (TPSA) is 58.5 Å². The van der Waals surface area contributed by atoms with Crippen LogP contribution >= 0.6 is 11.3 Å². The molecule has 0 fully saturated rings. The molecule has 0 aliphatic heterocycles. The van der Waals surface area contributed by atoms with Gasteiger partial charge in [-0.2, -0.15) is 10.2 Å². The highest BCUT2D eigenvalue weighted by atomic mass is 32.1.